The summed E-state index contributed by atoms with van der Waals surface area (Å²) in [6.07, 6.45) is 0. The van der Waals surface area contributed by atoms with Crippen LogP contribution in [0.15, 0.2) is 6.07 Å². The van der Waals surface area contributed by atoms with Crippen LogP contribution in [0, 0.1) is 12.7 Å². The molecule has 0 atom stereocenters. The normalized spacial score (nSPS) is 10.0. The zero-order chi connectivity index (χ0) is 13.9. The second kappa shape index (κ2) is 5.48. The van der Waals surface area contributed by atoms with Gasteiger partial charge in [-0.15, -0.1) is 0 Å². The van der Waals surface area contributed by atoms with Crippen molar-refractivity contribution in [3.63, 3.8) is 0 Å². The Kier molecular flexibility index (Phi) is 4.25. The minimum atomic E-state index is -1.15. The third kappa shape index (κ3) is 2.42. The lowest BCUT2D eigenvalue weighted by molar-refractivity contribution is -0.137. The van der Waals surface area contributed by atoms with Gasteiger partial charge in [0.15, 0.2) is 17.3 Å². The van der Waals surface area contributed by atoms with Crippen LogP contribution in [0.2, 0.25) is 0 Å². The molecule has 1 rings (SSSR count). The maximum atomic E-state index is 13.9. The summed E-state index contributed by atoms with van der Waals surface area (Å²) in [7, 11) is 1.15. The number of carbonyl (C=O) groups excluding carboxylic acids is 2. The van der Waals surface area contributed by atoms with Crippen LogP contribution in [0.4, 0.5) is 4.39 Å². The summed E-state index contributed by atoms with van der Waals surface area (Å²) in [5, 5.41) is 9.53. The molecule has 0 radical (unpaired) electrons. The number of esters is 1. The molecule has 0 aromatic heterocycles. The maximum Gasteiger partial charge on any atom is 0.379 e. The number of benzene rings is 1. The summed E-state index contributed by atoms with van der Waals surface area (Å²) >= 11 is 0. The van der Waals surface area contributed by atoms with Crippen LogP contribution in [0.5, 0.6) is 11.5 Å². The largest absolute Gasteiger partial charge is 0.504 e. The first-order valence-electron chi connectivity index (χ1n) is 5.21. The molecule has 0 saturated carbocycles. The number of halogens is 1. The second-order valence-corrected chi connectivity index (χ2v) is 3.49. The molecule has 1 aromatic carbocycles. The summed E-state index contributed by atoms with van der Waals surface area (Å²) < 4.78 is 23.0. The van der Waals surface area contributed by atoms with E-state index in [0.29, 0.717) is 0 Å². The topological polar surface area (TPSA) is 72.8 Å². The van der Waals surface area contributed by atoms with Gasteiger partial charge >= 0.3 is 5.97 Å². The fraction of sp³-hybridized carbons (Fsp3) is 0.333. The third-order valence-electron chi connectivity index (χ3n) is 2.29. The minimum absolute atomic E-state index is 0.0143. The molecule has 98 valence electrons. The van der Waals surface area contributed by atoms with Gasteiger partial charge in [-0.05, 0) is 25.5 Å². The van der Waals surface area contributed by atoms with Crippen LogP contribution in [-0.4, -0.2) is 30.6 Å². The van der Waals surface area contributed by atoms with Gasteiger partial charge in [0.05, 0.1) is 19.3 Å². The number of ether oxygens (including phenoxy) is 2. The molecule has 0 fully saturated rings. The van der Waals surface area contributed by atoms with Gasteiger partial charge in [-0.2, -0.15) is 0 Å². The molecular weight excluding hydrogens is 243 g/mol. The summed E-state index contributed by atoms with van der Waals surface area (Å²) in [6.45, 7) is 3.00. The predicted octanol–water partition coefficient (Wildman–Crippen LogP) is 1.59. The van der Waals surface area contributed by atoms with Gasteiger partial charge in [0.25, 0.3) is 5.78 Å². The molecule has 0 saturated heterocycles. The number of aromatic hydroxyl groups is 1. The number of phenolic OH excluding ortho intramolecular Hbond substituents is 1. The lowest BCUT2D eigenvalue weighted by Gasteiger charge is -2.10. The number of aryl methyl sites for hydroxylation is 1. The fourth-order valence-corrected chi connectivity index (χ4v) is 1.41. The Hall–Kier alpha value is -2.11. The van der Waals surface area contributed by atoms with Crippen LogP contribution in [-0.2, 0) is 9.53 Å². The molecule has 5 nitrogen and oxygen atoms in total. The Labute approximate surface area is 103 Å². The Balaban J connectivity index is 3.30. The van der Waals surface area contributed by atoms with Crippen LogP contribution < -0.4 is 4.74 Å². The van der Waals surface area contributed by atoms with Gasteiger partial charge in [0.1, 0.15) is 0 Å². The van der Waals surface area contributed by atoms with E-state index in [0.717, 1.165) is 13.2 Å². The molecule has 0 heterocycles. The highest BCUT2D eigenvalue weighted by Crippen LogP contribution is 2.34. The molecule has 6 heteroatoms. The van der Waals surface area contributed by atoms with E-state index in [1.54, 1.807) is 0 Å². The van der Waals surface area contributed by atoms with Crippen molar-refractivity contribution in [2.24, 2.45) is 0 Å². The third-order valence-corrected chi connectivity index (χ3v) is 2.29. The molecule has 0 unspecified atom stereocenters. The van der Waals surface area contributed by atoms with E-state index in [2.05, 4.69) is 9.47 Å². The van der Waals surface area contributed by atoms with E-state index in [1.807, 2.05) is 0 Å². The molecule has 0 aliphatic rings. The van der Waals surface area contributed by atoms with Gasteiger partial charge in [-0.25, -0.2) is 9.18 Å². The van der Waals surface area contributed by atoms with E-state index < -0.39 is 34.6 Å². The molecule has 0 aliphatic heterocycles. The Morgan fingerprint density at radius 2 is 2.06 bits per heavy atom. The highest BCUT2D eigenvalue weighted by atomic mass is 19.1. The van der Waals surface area contributed by atoms with Crippen molar-refractivity contribution in [1.82, 2.24) is 0 Å². The van der Waals surface area contributed by atoms with Crippen LogP contribution >= 0.6 is 0 Å². The molecule has 18 heavy (non-hydrogen) atoms. The monoisotopic (exact) mass is 256 g/mol. The molecule has 0 aliphatic carbocycles. The van der Waals surface area contributed by atoms with Gasteiger partial charge in [-0.3, -0.25) is 4.79 Å². The highest BCUT2D eigenvalue weighted by Gasteiger charge is 2.26. The first-order chi connectivity index (χ1) is 8.43. The lowest BCUT2D eigenvalue weighted by Crippen LogP contribution is -2.19. The molecule has 1 N–H and O–H groups in total. The number of hydrogen-bond acceptors (Lipinski definition) is 5. The Bertz CT molecular complexity index is 496. The molecule has 0 amide bonds. The van der Waals surface area contributed by atoms with Gasteiger partial charge in [0.2, 0.25) is 0 Å². The van der Waals surface area contributed by atoms with Crippen LogP contribution in [0.3, 0.4) is 0 Å². The van der Waals surface area contributed by atoms with Crippen molar-refractivity contribution in [2.75, 3.05) is 13.7 Å². The summed E-state index contributed by atoms with van der Waals surface area (Å²) in [5.74, 6) is -4.23. The molecule has 0 spiro atoms. The van der Waals surface area contributed by atoms with Crippen molar-refractivity contribution in [3.8, 4) is 11.5 Å². The van der Waals surface area contributed by atoms with E-state index in [1.165, 1.54) is 13.8 Å². The second-order valence-electron chi connectivity index (χ2n) is 3.49. The Morgan fingerprint density at radius 3 is 2.56 bits per heavy atom. The molecule has 0 bridgehead atoms. The van der Waals surface area contributed by atoms with Gasteiger partial charge < -0.3 is 14.6 Å². The van der Waals surface area contributed by atoms with E-state index in [9.17, 15) is 19.1 Å². The summed E-state index contributed by atoms with van der Waals surface area (Å²) in [5.41, 5.74) is -0.263. The van der Waals surface area contributed by atoms with Crippen molar-refractivity contribution in [2.45, 2.75) is 13.8 Å². The smallest absolute Gasteiger partial charge is 0.379 e. The average Bonchev–Trinajstić information content (AvgIpc) is 2.34. The van der Waals surface area contributed by atoms with Crippen LogP contribution in [0.1, 0.15) is 22.8 Å². The van der Waals surface area contributed by atoms with Gasteiger partial charge in [-0.1, -0.05) is 0 Å². The Morgan fingerprint density at radius 1 is 1.44 bits per heavy atom. The maximum absolute atomic E-state index is 13.9. The SMILES string of the molecule is CCOC(=O)C(=O)c1cc(C)c(O)c(OC)c1F. The number of carbonyl (C=O) groups is 2. The van der Waals surface area contributed by atoms with Crippen molar-refractivity contribution < 1.29 is 28.6 Å². The lowest BCUT2D eigenvalue weighted by atomic mass is 10.1. The number of rotatable bonds is 4. The number of methoxy groups -OCH3 is 1. The standard InChI is InChI=1S/C12H13FO5/c1-4-18-12(16)10(15)7-5-6(2)9(14)11(17-3)8(7)13/h5,14H,4H2,1-3H3. The van der Waals surface area contributed by atoms with Gasteiger partial charge in [0, 0.05) is 0 Å². The zero-order valence-corrected chi connectivity index (χ0v) is 10.2. The number of phenols is 1. The highest BCUT2D eigenvalue weighted by molar-refractivity contribution is 6.40. The number of Topliss-reactive ketones (excluding diaryl/α,β-unsaturated/α-hetero) is 1. The quantitative estimate of drug-likeness (QED) is 0.503. The van der Waals surface area contributed by atoms with Crippen molar-refractivity contribution >= 4 is 11.8 Å². The van der Waals surface area contributed by atoms with E-state index in [4.69, 9.17) is 0 Å². The average molecular weight is 256 g/mol. The first-order valence-corrected chi connectivity index (χ1v) is 5.21. The summed E-state index contributed by atoms with van der Waals surface area (Å²) in [6, 6.07) is 1.08. The van der Waals surface area contributed by atoms with Crippen molar-refractivity contribution in [3.05, 3.63) is 23.0 Å². The number of ketones is 1. The van der Waals surface area contributed by atoms with E-state index >= 15 is 0 Å². The van der Waals surface area contributed by atoms with Crippen LogP contribution in [0.25, 0.3) is 0 Å². The zero-order valence-electron chi connectivity index (χ0n) is 10.2. The van der Waals surface area contributed by atoms with Crippen molar-refractivity contribution in [1.29, 1.82) is 0 Å². The predicted molar refractivity (Wildman–Crippen MR) is 60.3 cm³/mol. The van der Waals surface area contributed by atoms with E-state index in [-0.39, 0.29) is 12.2 Å². The minimum Gasteiger partial charge on any atom is -0.504 e. The number of hydrogen-bond donors (Lipinski definition) is 1. The summed E-state index contributed by atoms with van der Waals surface area (Å²) in [4.78, 5) is 22.9. The first kappa shape index (κ1) is 14.0. The fourth-order valence-electron chi connectivity index (χ4n) is 1.41. The molecule has 1 aromatic rings. The molecular formula is C12H13FO5.